The number of pyridine rings is 2. The van der Waals surface area contributed by atoms with E-state index in [-0.39, 0.29) is 16.5 Å². The monoisotopic (exact) mass is 690 g/mol. The molecule has 49 heavy (non-hydrogen) atoms. The Labute approximate surface area is 291 Å². The van der Waals surface area contributed by atoms with Crippen molar-refractivity contribution >= 4 is 23.0 Å². The molecule has 13 heteroatoms. The second-order valence-electron chi connectivity index (χ2n) is 12.1. The summed E-state index contributed by atoms with van der Waals surface area (Å²) in [6.45, 7) is 7.41. The maximum atomic E-state index is 10.6. The summed E-state index contributed by atoms with van der Waals surface area (Å²) in [4.78, 5) is 32.1. The van der Waals surface area contributed by atoms with E-state index in [4.69, 9.17) is 21.4 Å². The van der Waals surface area contributed by atoms with Gasteiger partial charge in [0.05, 0.1) is 16.5 Å². The summed E-state index contributed by atoms with van der Waals surface area (Å²) in [5, 5.41) is 29.9. The van der Waals surface area contributed by atoms with Crippen molar-refractivity contribution in [1.82, 2.24) is 19.8 Å². The van der Waals surface area contributed by atoms with Crippen LogP contribution in [0.2, 0.25) is 5.15 Å². The minimum absolute atomic E-state index is 0.0171. The van der Waals surface area contributed by atoms with Gasteiger partial charge in [0.2, 0.25) is 5.88 Å². The number of nitro groups is 2. The summed E-state index contributed by atoms with van der Waals surface area (Å²) in [7, 11) is 0. The minimum Gasteiger partial charge on any atom is -0.477 e. The lowest BCUT2D eigenvalue weighted by atomic mass is 9.97. The Bertz CT molecular complexity index is 1530. The van der Waals surface area contributed by atoms with Crippen LogP contribution in [-0.4, -0.2) is 74.1 Å². The number of halogens is 1. The highest BCUT2D eigenvalue weighted by Crippen LogP contribution is 2.21. The number of hydrogen-bond donors (Lipinski definition) is 1. The second kappa shape index (κ2) is 20.1. The van der Waals surface area contributed by atoms with Crippen molar-refractivity contribution in [3.8, 4) is 5.88 Å². The third kappa shape index (κ3) is 13.5. The summed E-state index contributed by atoms with van der Waals surface area (Å²) in [5.41, 5.74) is 2.67. The molecule has 2 aromatic heterocycles. The molecule has 0 amide bonds. The predicted molar refractivity (Wildman–Crippen MR) is 188 cm³/mol. The molecule has 0 unspecified atom stereocenters. The van der Waals surface area contributed by atoms with Crippen molar-refractivity contribution in [2.45, 2.75) is 38.8 Å². The molecule has 2 aromatic carbocycles. The van der Waals surface area contributed by atoms with E-state index in [9.17, 15) is 20.2 Å². The van der Waals surface area contributed by atoms with Gasteiger partial charge in [0.15, 0.2) is 0 Å². The molecule has 4 heterocycles. The van der Waals surface area contributed by atoms with E-state index < -0.39 is 9.85 Å². The average Bonchev–Trinajstić information content (AvgIpc) is 3.13. The number of hydrogen-bond acceptors (Lipinski definition) is 10. The van der Waals surface area contributed by atoms with Gasteiger partial charge in [-0.25, -0.2) is 9.97 Å². The molecular weight excluding hydrogens is 648 g/mol. The second-order valence-corrected chi connectivity index (χ2v) is 12.5. The van der Waals surface area contributed by atoms with Crippen molar-refractivity contribution < 1.29 is 19.7 Å². The van der Waals surface area contributed by atoms with Gasteiger partial charge >= 0.3 is 0 Å². The van der Waals surface area contributed by atoms with Crippen molar-refractivity contribution in [1.29, 1.82) is 0 Å². The Morgan fingerprint density at radius 3 is 1.57 bits per heavy atom. The molecular formula is C36H43ClN6O6. The number of ether oxygens (including phenoxy) is 1. The molecule has 2 fully saturated rings. The number of rotatable bonds is 10. The molecule has 0 aliphatic carbocycles. The molecule has 0 spiro atoms. The normalized spacial score (nSPS) is 15.6. The number of aliphatic hydroxyl groups is 1. The Hall–Kier alpha value is -4.49. The van der Waals surface area contributed by atoms with E-state index in [2.05, 4.69) is 74.4 Å². The predicted octanol–water partition coefficient (Wildman–Crippen LogP) is 6.81. The molecule has 0 radical (unpaired) electrons. The zero-order valence-electron chi connectivity index (χ0n) is 27.4. The van der Waals surface area contributed by atoms with Crippen LogP contribution in [0.15, 0.2) is 97.3 Å². The molecule has 2 aliphatic heterocycles. The number of piperidine rings is 2. The summed E-state index contributed by atoms with van der Waals surface area (Å²) in [6, 6.07) is 26.8. The summed E-state index contributed by atoms with van der Waals surface area (Å²) in [6.07, 6.45) is 6.83. The van der Waals surface area contributed by atoms with Crippen LogP contribution in [0.3, 0.4) is 0 Å². The zero-order chi connectivity index (χ0) is 34.8. The van der Waals surface area contributed by atoms with Crippen LogP contribution in [0.1, 0.15) is 36.8 Å². The Balaban J connectivity index is 0.000000184. The van der Waals surface area contributed by atoms with E-state index in [1.165, 1.54) is 35.5 Å². The third-order valence-corrected chi connectivity index (χ3v) is 8.72. The molecule has 260 valence electrons. The van der Waals surface area contributed by atoms with E-state index in [0.29, 0.717) is 30.9 Å². The van der Waals surface area contributed by atoms with Crippen LogP contribution >= 0.6 is 11.6 Å². The molecule has 2 aliphatic rings. The van der Waals surface area contributed by atoms with E-state index in [1.54, 1.807) is 6.07 Å². The standard InChI is InChI=1S/C18H21N3O3.C13H19NO.C5H3ClN2O2/c22-21(23)17-6-7-18(19-12-17)24-14-16-8-10-20(11-9-16)13-15-4-2-1-3-5-15;15-11-13-6-8-14(9-7-13)10-12-4-2-1-3-5-12;6-5-2-1-4(3-7-5)8(9)10/h1-7,12,16H,8-11,13-14H2;1-5,13,15H,6-11H2;1-3H. The lowest BCUT2D eigenvalue weighted by Gasteiger charge is -2.31. The van der Waals surface area contributed by atoms with Crippen molar-refractivity contribution in [2.75, 3.05) is 39.4 Å². The van der Waals surface area contributed by atoms with Crippen LogP contribution in [0.5, 0.6) is 5.88 Å². The number of likely N-dealkylation sites (tertiary alicyclic amines) is 2. The Morgan fingerprint density at radius 2 is 1.16 bits per heavy atom. The van der Waals surface area contributed by atoms with Gasteiger partial charge in [-0.3, -0.25) is 30.0 Å². The first-order valence-corrected chi connectivity index (χ1v) is 16.8. The van der Waals surface area contributed by atoms with Gasteiger partial charge < -0.3 is 9.84 Å². The highest BCUT2D eigenvalue weighted by Gasteiger charge is 2.20. The van der Waals surface area contributed by atoms with Gasteiger partial charge in [-0.15, -0.1) is 0 Å². The summed E-state index contributed by atoms with van der Waals surface area (Å²) >= 11 is 5.38. The minimum atomic E-state index is -0.524. The lowest BCUT2D eigenvalue weighted by Crippen LogP contribution is -2.35. The molecule has 4 aromatic rings. The van der Waals surface area contributed by atoms with Gasteiger partial charge in [0.1, 0.15) is 17.5 Å². The van der Waals surface area contributed by atoms with E-state index in [0.717, 1.165) is 71.1 Å². The fourth-order valence-corrected chi connectivity index (χ4v) is 5.68. The van der Waals surface area contributed by atoms with Crippen LogP contribution < -0.4 is 4.74 Å². The lowest BCUT2D eigenvalue weighted by molar-refractivity contribution is -0.385. The van der Waals surface area contributed by atoms with Gasteiger partial charge in [-0.1, -0.05) is 72.3 Å². The van der Waals surface area contributed by atoms with Crippen LogP contribution in [0.4, 0.5) is 11.4 Å². The van der Waals surface area contributed by atoms with Crippen LogP contribution in [0, 0.1) is 32.1 Å². The topological polar surface area (TPSA) is 148 Å². The summed E-state index contributed by atoms with van der Waals surface area (Å²) in [5.74, 6) is 1.50. The molecule has 2 saturated heterocycles. The van der Waals surface area contributed by atoms with Gasteiger partial charge in [-0.05, 0) is 80.9 Å². The molecule has 0 atom stereocenters. The highest BCUT2D eigenvalue weighted by molar-refractivity contribution is 6.29. The molecule has 12 nitrogen and oxygen atoms in total. The zero-order valence-corrected chi connectivity index (χ0v) is 28.2. The van der Waals surface area contributed by atoms with Crippen molar-refractivity contribution in [3.05, 3.63) is 134 Å². The van der Waals surface area contributed by atoms with Crippen molar-refractivity contribution in [2.24, 2.45) is 11.8 Å². The average molecular weight is 691 g/mol. The Kier molecular flexibility index (Phi) is 15.3. The van der Waals surface area contributed by atoms with Crippen LogP contribution in [-0.2, 0) is 13.1 Å². The first kappa shape index (κ1) is 37.3. The third-order valence-electron chi connectivity index (χ3n) is 8.49. The maximum Gasteiger partial charge on any atom is 0.287 e. The smallest absolute Gasteiger partial charge is 0.287 e. The van der Waals surface area contributed by atoms with Crippen molar-refractivity contribution in [3.63, 3.8) is 0 Å². The fourth-order valence-electron chi connectivity index (χ4n) is 5.57. The molecule has 0 saturated carbocycles. The van der Waals surface area contributed by atoms with Crippen LogP contribution in [0.25, 0.3) is 0 Å². The SMILES string of the molecule is O=[N+]([O-])c1ccc(Cl)nc1.O=[N+]([O-])c1ccc(OCC2CCN(Cc3ccccc3)CC2)nc1.OCC1CCN(Cc2ccccc2)CC1. The first-order valence-electron chi connectivity index (χ1n) is 16.4. The number of aliphatic hydroxyl groups excluding tert-OH is 1. The van der Waals surface area contributed by atoms with E-state index in [1.807, 2.05) is 6.07 Å². The quantitative estimate of drug-likeness (QED) is 0.107. The number of aromatic nitrogens is 2. The molecule has 6 rings (SSSR count). The molecule has 0 bridgehead atoms. The fraction of sp³-hybridized carbons (Fsp3) is 0.389. The number of benzene rings is 2. The van der Waals surface area contributed by atoms with Gasteiger partial charge in [0.25, 0.3) is 11.4 Å². The highest BCUT2D eigenvalue weighted by atomic mass is 35.5. The Morgan fingerprint density at radius 1 is 0.694 bits per heavy atom. The maximum absolute atomic E-state index is 10.6. The number of nitrogens with zero attached hydrogens (tertiary/aromatic N) is 6. The molecule has 1 N–H and O–H groups in total. The summed E-state index contributed by atoms with van der Waals surface area (Å²) < 4.78 is 5.68. The van der Waals surface area contributed by atoms with Gasteiger partial charge in [-0.2, -0.15) is 0 Å². The van der Waals surface area contributed by atoms with Gasteiger partial charge in [0, 0.05) is 37.9 Å². The first-order chi connectivity index (χ1) is 23.8. The van der Waals surface area contributed by atoms with E-state index >= 15 is 0 Å². The largest absolute Gasteiger partial charge is 0.477 e.